The average Bonchev–Trinajstić information content (AvgIpc) is 2.85. The first-order valence-corrected chi connectivity index (χ1v) is 8.39. The van der Waals surface area contributed by atoms with Crippen molar-refractivity contribution in [3.8, 4) is 0 Å². The van der Waals surface area contributed by atoms with Gasteiger partial charge in [-0.2, -0.15) is 0 Å². The number of hydrogen-bond acceptors (Lipinski definition) is 2. The van der Waals surface area contributed by atoms with Crippen molar-refractivity contribution in [3.05, 3.63) is 40.1 Å². The van der Waals surface area contributed by atoms with Crippen LogP contribution in [0.1, 0.15) is 25.7 Å². The van der Waals surface area contributed by atoms with Crippen LogP contribution in [0.25, 0.3) is 0 Å². The lowest BCUT2D eigenvalue weighted by atomic mass is 10.2. The van der Waals surface area contributed by atoms with Crippen LogP contribution in [0, 0.1) is 5.82 Å². The highest BCUT2D eigenvalue weighted by Gasteiger charge is 2.15. The number of benzene rings is 1. The Bertz CT molecular complexity index is 599. The number of sulfonamides is 1. The Morgan fingerprint density at radius 1 is 1.37 bits per heavy atom. The summed E-state index contributed by atoms with van der Waals surface area (Å²) in [7, 11) is -3.63. The molecule has 1 aromatic rings. The summed E-state index contributed by atoms with van der Waals surface area (Å²) in [5.74, 6) is -0.582. The minimum Gasteiger partial charge on any atom is -0.211 e. The van der Waals surface area contributed by atoms with Crippen molar-refractivity contribution in [2.45, 2.75) is 30.6 Å². The molecule has 0 unspecified atom stereocenters. The summed E-state index contributed by atoms with van der Waals surface area (Å²) in [6.07, 6.45) is 6.17. The Labute approximate surface area is 121 Å². The summed E-state index contributed by atoms with van der Waals surface area (Å²) in [6.45, 7) is 0.353. The third kappa shape index (κ3) is 3.87. The molecule has 19 heavy (non-hydrogen) atoms. The van der Waals surface area contributed by atoms with E-state index in [0.29, 0.717) is 6.54 Å². The Hall–Kier alpha value is -0.720. The molecule has 0 radical (unpaired) electrons. The Kier molecular flexibility index (Phi) is 4.76. The summed E-state index contributed by atoms with van der Waals surface area (Å²) in [6, 6.07) is 3.79. The van der Waals surface area contributed by atoms with E-state index in [-0.39, 0.29) is 9.37 Å². The van der Waals surface area contributed by atoms with Crippen molar-refractivity contribution in [2.75, 3.05) is 6.54 Å². The van der Waals surface area contributed by atoms with Crippen LogP contribution >= 0.6 is 15.9 Å². The van der Waals surface area contributed by atoms with E-state index >= 15 is 0 Å². The van der Waals surface area contributed by atoms with Crippen molar-refractivity contribution in [1.29, 1.82) is 0 Å². The number of rotatable bonds is 5. The SMILES string of the molecule is O=S(=O)(NCCC1=CCCC1)c1ccc(Br)c(F)c1. The van der Waals surface area contributed by atoms with Crippen molar-refractivity contribution < 1.29 is 12.8 Å². The van der Waals surface area contributed by atoms with Gasteiger partial charge in [-0.1, -0.05) is 11.6 Å². The van der Waals surface area contributed by atoms with Crippen LogP contribution in [0.15, 0.2) is 39.2 Å². The van der Waals surface area contributed by atoms with Gasteiger partial charge in [0, 0.05) is 6.54 Å². The lowest BCUT2D eigenvalue weighted by Gasteiger charge is -2.07. The molecule has 3 nitrogen and oxygen atoms in total. The molecule has 6 heteroatoms. The van der Waals surface area contributed by atoms with Crippen LogP contribution in [-0.2, 0) is 10.0 Å². The predicted molar refractivity (Wildman–Crippen MR) is 75.8 cm³/mol. The second-order valence-corrected chi connectivity index (χ2v) is 7.10. The molecule has 0 atom stereocenters. The number of nitrogens with one attached hydrogen (secondary N) is 1. The standard InChI is InChI=1S/C13H15BrFNO2S/c14-12-6-5-11(9-13(12)15)19(17,18)16-8-7-10-3-1-2-4-10/h3,5-6,9,16H,1-2,4,7-8H2. The third-order valence-electron chi connectivity index (χ3n) is 3.07. The van der Waals surface area contributed by atoms with Crippen LogP contribution in [-0.4, -0.2) is 15.0 Å². The van der Waals surface area contributed by atoms with E-state index in [2.05, 4.69) is 26.7 Å². The van der Waals surface area contributed by atoms with Crippen LogP contribution in [0.2, 0.25) is 0 Å². The largest absolute Gasteiger partial charge is 0.240 e. The van der Waals surface area contributed by atoms with Gasteiger partial charge in [0.05, 0.1) is 9.37 Å². The van der Waals surface area contributed by atoms with Gasteiger partial charge in [-0.25, -0.2) is 17.5 Å². The molecule has 0 amide bonds. The highest BCUT2D eigenvalue weighted by atomic mass is 79.9. The van der Waals surface area contributed by atoms with E-state index in [0.717, 1.165) is 31.7 Å². The lowest BCUT2D eigenvalue weighted by Crippen LogP contribution is -2.25. The summed E-state index contributed by atoms with van der Waals surface area (Å²) >= 11 is 3.00. The third-order valence-corrected chi connectivity index (χ3v) is 5.18. The molecule has 1 aliphatic carbocycles. The maximum atomic E-state index is 13.3. The van der Waals surface area contributed by atoms with Crippen LogP contribution < -0.4 is 4.72 Å². The van der Waals surface area contributed by atoms with Gasteiger partial charge in [-0.15, -0.1) is 0 Å². The van der Waals surface area contributed by atoms with Crippen LogP contribution in [0.3, 0.4) is 0 Å². The molecule has 0 saturated carbocycles. The minimum atomic E-state index is -3.63. The summed E-state index contributed by atoms with van der Waals surface area (Å²) in [4.78, 5) is -0.0476. The van der Waals surface area contributed by atoms with E-state index in [9.17, 15) is 12.8 Å². The lowest BCUT2D eigenvalue weighted by molar-refractivity contribution is 0.576. The molecule has 0 spiro atoms. The normalized spacial score (nSPS) is 15.6. The fraction of sp³-hybridized carbons (Fsp3) is 0.385. The zero-order valence-corrected chi connectivity index (χ0v) is 12.7. The van der Waals surface area contributed by atoms with Gasteiger partial charge in [0.1, 0.15) is 5.82 Å². The summed E-state index contributed by atoms with van der Waals surface area (Å²) in [5, 5.41) is 0. The Balaban J connectivity index is 1.99. The van der Waals surface area contributed by atoms with Gasteiger partial charge < -0.3 is 0 Å². The van der Waals surface area contributed by atoms with Gasteiger partial charge in [0.25, 0.3) is 0 Å². The monoisotopic (exact) mass is 347 g/mol. The Morgan fingerprint density at radius 3 is 2.79 bits per heavy atom. The van der Waals surface area contributed by atoms with Crippen molar-refractivity contribution >= 4 is 26.0 Å². The molecular weight excluding hydrogens is 333 g/mol. The zero-order chi connectivity index (χ0) is 13.9. The first-order chi connectivity index (χ1) is 8.99. The van der Waals surface area contributed by atoms with Gasteiger partial charge in [-0.3, -0.25) is 0 Å². The van der Waals surface area contributed by atoms with E-state index in [1.807, 2.05) is 0 Å². The summed E-state index contributed by atoms with van der Waals surface area (Å²) in [5.41, 5.74) is 1.30. The maximum Gasteiger partial charge on any atom is 0.240 e. The molecule has 0 bridgehead atoms. The Morgan fingerprint density at radius 2 is 2.16 bits per heavy atom. The fourth-order valence-electron chi connectivity index (χ4n) is 2.04. The van der Waals surface area contributed by atoms with E-state index < -0.39 is 15.8 Å². The number of hydrogen-bond donors (Lipinski definition) is 1. The number of allylic oxidation sites excluding steroid dienone is 1. The van der Waals surface area contributed by atoms with Gasteiger partial charge in [0.15, 0.2) is 0 Å². The molecule has 1 N–H and O–H groups in total. The van der Waals surface area contributed by atoms with Gasteiger partial charge in [0.2, 0.25) is 10.0 Å². The second kappa shape index (κ2) is 6.15. The number of halogens is 2. The first kappa shape index (κ1) is 14.7. The topological polar surface area (TPSA) is 46.2 Å². The van der Waals surface area contributed by atoms with E-state index in [4.69, 9.17) is 0 Å². The molecule has 0 heterocycles. The molecular formula is C13H15BrFNO2S. The molecule has 0 aliphatic heterocycles. The highest BCUT2D eigenvalue weighted by Crippen LogP contribution is 2.21. The van der Waals surface area contributed by atoms with Crippen molar-refractivity contribution in [3.63, 3.8) is 0 Å². The minimum absolute atomic E-state index is 0.0476. The molecule has 104 valence electrons. The summed E-state index contributed by atoms with van der Waals surface area (Å²) < 4.78 is 40.0. The van der Waals surface area contributed by atoms with Crippen LogP contribution in [0.5, 0.6) is 0 Å². The quantitative estimate of drug-likeness (QED) is 0.830. The van der Waals surface area contributed by atoms with Gasteiger partial charge >= 0.3 is 0 Å². The smallest absolute Gasteiger partial charge is 0.211 e. The molecule has 1 aliphatic rings. The van der Waals surface area contributed by atoms with E-state index in [1.165, 1.54) is 17.7 Å². The molecule has 2 rings (SSSR count). The van der Waals surface area contributed by atoms with Gasteiger partial charge in [-0.05, 0) is 59.8 Å². The highest BCUT2D eigenvalue weighted by molar-refractivity contribution is 9.10. The van der Waals surface area contributed by atoms with Crippen molar-refractivity contribution in [1.82, 2.24) is 4.72 Å². The molecule has 0 fully saturated rings. The first-order valence-electron chi connectivity index (χ1n) is 6.12. The van der Waals surface area contributed by atoms with Crippen LogP contribution in [0.4, 0.5) is 4.39 Å². The predicted octanol–water partition coefficient (Wildman–Crippen LogP) is 3.37. The average molecular weight is 348 g/mol. The maximum absolute atomic E-state index is 13.3. The molecule has 0 aromatic heterocycles. The molecule has 0 saturated heterocycles. The fourth-order valence-corrected chi connectivity index (χ4v) is 3.33. The van der Waals surface area contributed by atoms with Crippen molar-refractivity contribution in [2.24, 2.45) is 0 Å². The zero-order valence-electron chi connectivity index (χ0n) is 10.3. The molecule has 1 aromatic carbocycles. The second-order valence-electron chi connectivity index (χ2n) is 4.48. The van der Waals surface area contributed by atoms with E-state index in [1.54, 1.807) is 0 Å².